The molecule has 1 atom stereocenters. The van der Waals surface area contributed by atoms with Crippen LogP contribution in [0.25, 0.3) is 0 Å². The van der Waals surface area contributed by atoms with Crippen LogP contribution in [0.15, 0.2) is 0 Å². The minimum Gasteiger partial charge on any atom is -0.368 e. The van der Waals surface area contributed by atoms with E-state index in [4.69, 9.17) is 4.74 Å². The number of rotatable bonds is 1. The lowest BCUT2D eigenvalue weighted by Gasteiger charge is -2.31. The minimum atomic E-state index is -0.122. The molecule has 3 heteroatoms. The van der Waals surface area contributed by atoms with E-state index in [1.165, 1.54) is 0 Å². The molecule has 0 aromatic heterocycles. The van der Waals surface area contributed by atoms with Gasteiger partial charge in [-0.3, -0.25) is 4.79 Å². The van der Waals surface area contributed by atoms with E-state index in [0.29, 0.717) is 0 Å². The van der Waals surface area contributed by atoms with Gasteiger partial charge in [0.2, 0.25) is 0 Å². The van der Waals surface area contributed by atoms with Crippen molar-refractivity contribution in [2.75, 3.05) is 19.7 Å². The van der Waals surface area contributed by atoms with Crippen molar-refractivity contribution in [1.82, 2.24) is 4.90 Å². The Bertz CT molecular complexity index is 203. The van der Waals surface area contributed by atoms with Gasteiger partial charge in [0, 0.05) is 19.7 Å². The van der Waals surface area contributed by atoms with Gasteiger partial charge in [0.05, 0.1) is 0 Å². The maximum Gasteiger partial charge on any atom is 0.251 e. The Hall–Kier alpha value is -0.570. The molecule has 0 saturated carbocycles. The van der Waals surface area contributed by atoms with Gasteiger partial charge in [-0.25, -0.2) is 0 Å². The number of piperidine rings is 1. The Kier molecular flexibility index (Phi) is 3.06. The van der Waals surface area contributed by atoms with E-state index < -0.39 is 0 Å². The maximum absolute atomic E-state index is 11.9. The average Bonchev–Trinajstić information content (AvgIpc) is 2.71. The summed E-state index contributed by atoms with van der Waals surface area (Å²) in [6.07, 6.45) is 4.14. The second-order valence-corrected chi connectivity index (χ2v) is 4.51. The summed E-state index contributed by atoms with van der Waals surface area (Å²) < 4.78 is 5.40. The van der Waals surface area contributed by atoms with Crippen LogP contribution >= 0.6 is 0 Å². The molecule has 0 unspecified atom stereocenters. The number of hydrogen-bond donors (Lipinski definition) is 0. The van der Waals surface area contributed by atoms with E-state index in [9.17, 15) is 4.79 Å². The number of carbonyl (C=O) groups excluding carboxylic acids is 1. The number of amides is 1. The summed E-state index contributed by atoms with van der Waals surface area (Å²) >= 11 is 0. The molecule has 2 saturated heterocycles. The van der Waals surface area contributed by atoms with Crippen molar-refractivity contribution in [2.24, 2.45) is 5.92 Å². The molecule has 80 valence electrons. The maximum atomic E-state index is 11.9. The summed E-state index contributed by atoms with van der Waals surface area (Å²) in [5.41, 5.74) is 0. The van der Waals surface area contributed by atoms with Gasteiger partial charge in [-0.05, 0) is 31.6 Å². The van der Waals surface area contributed by atoms with Gasteiger partial charge in [-0.15, -0.1) is 0 Å². The standard InChI is InChI=1S/C11H19NO2/c1-9-4-6-12(7-5-9)11(13)10-3-2-8-14-10/h9-10H,2-8H2,1H3/t10-/m0/s1. The summed E-state index contributed by atoms with van der Waals surface area (Å²) in [4.78, 5) is 13.9. The predicted molar refractivity (Wildman–Crippen MR) is 54.0 cm³/mol. The third kappa shape index (κ3) is 2.08. The molecule has 0 aromatic rings. The smallest absolute Gasteiger partial charge is 0.251 e. The molecule has 0 spiro atoms. The molecule has 0 bridgehead atoms. The van der Waals surface area contributed by atoms with Gasteiger partial charge in [0.1, 0.15) is 6.10 Å². The average molecular weight is 197 g/mol. The van der Waals surface area contributed by atoms with Crippen LogP contribution < -0.4 is 0 Å². The van der Waals surface area contributed by atoms with Crippen molar-refractivity contribution in [3.05, 3.63) is 0 Å². The Labute approximate surface area is 85.4 Å². The molecule has 14 heavy (non-hydrogen) atoms. The van der Waals surface area contributed by atoms with Gasteiger partial charge in [0.25, 0.3) is 5.91 Å². The zero-order chi connectivity index (χ0) is 9.97. The summed E-state index contributed by atoms with van der Waals surface area (Å²) in [6.45, 7) is 4.88. The number of ether oxygens (including phenoxy) is 1. The van der Waals surface area contributed by atoms with E-state index >= 15 is 0 Å². The van der Waals surface area contributed by atoms with Crippen molar-refractivity contribution >= 4 is 5.91 Å². The largest absolute Gasteiger partial charge is 0.368 e. The summed E-state index contributed by atoms with van der Waals surface area (Å²) in [7, 11) is 0. The highest BCUT2D eigenvalue weighted by molar-refractivity contribution is 5.81. The van der Waals surface area contributed by atoms with E-state index in [0.717, 1.165) is 51.3 Å². The van der Waals surface area contributed by atoms with Crippen LogP contribution in [0.2, 0.25) is 0 Å². The lowest BCUT2D eigenvalue weighted by molar-refractivity contribution is -0.142. The molecule has 2 aliphatic rings. The van der Waals surface area contributed by atoms with Crippen LogP contribution in [-0.2, 0) is 9.53 Å². The fourth-order valence-electron chi connectivity index (χ4n) is 2.21. The lowest BCUT2D eigenvalue weighted by Crippen LogP contribution is -2.43. The Morgan fingerprint density at radius 2 is 2.00 bits per heavy atom. The monoisotopic (exact) mass is 197 g/mol. The highest BCUT2D eigenvalue weighted by Gasteiger charge is 2.29. The minimum absolute atomic E-state index is 0.122. The normalized spacial score (nSPS) is 29.5. The molecular weight excluding hydrogens is 178 g/mol. The molecule has 0 aromatic carbocycles. The second kappa shape index (κ2) is 4.30. The van der Waals surface area contributed by atoms with E-state index in [1.54, 1.807) is 0 Å². The van der Waals surface area contributed by atoms with Crippen LogP contribution in [0, 0.1) is 5.92 Å². The number of nitrogens with zero attached hydrogens (tertiary/aromatic N) is 1. The van der Waals surface area contributed by atoms with Crippen LogP contribution in [0.3, 0.4) is 0 Å². The Morgan fingerprint density at radius 1 is 1.29 bits per heavy atom. The van der Waals surface area contributed by atoms with Crippen LogP contribution in [0.1, 0.15) is 32.6 Å². The first-order valence-electron chi connectivity index (χ1n) is 5.68. The van der Waals surface area contributed by atoms with E-state index in [1.807, 2.05) is 4.90 Å². The van der Waals surface area contributed by atoms with Crippen LogP contribution in [0.5, 0.6) is 0 Å². The summed E-state index contributed by atoms with van der Waals surface area (Å²) in [5, 5.41) is 0. The fraction of sp³-hybridized carbons (Fsp3) is 0.909. The molecule has 0 N–H and O–H groups in total. The first-order valence-corrected chi connectivity index (χ1v) is 5.68. The first-order chi connectivity index (χ1) is 6.77. The van der Waals surface area contributed by atoms with Crippen molar-refractivity contribution < 1.29 is 9.53 Å². The molecule has 1 amide bonds. The highest BCUT2D eigenvalue weighted by atomic mass is 16.5. The van der Waals surface area contributed by atoms with Crippen LogP contribution in [0.4, 0.5) is 0 Å². The molecular formula is C11H19NO2. The van der Waals surface area contributed by atoms with Gasteiger partial charge in [-0.2, -0.15) is 0 Å². The quantitative estimate of drug-likeness (QED) is 0.636. The molecule has 2 rings (SSSR count). The highest BCUT2D eigenvalue weighted by Crippen LogP contribution is 2.20. The second-order valence-electron chi connectivity index (χ2n) is 4.51. The topological polar surface area (TPSA) is 29.5 Å². The van der Waals surface area contributed by atoms with Gasteiger partial charge in [-0.1, -0.05) is 6.92 Å². The molecule has 2 aliphatic heterocycles. The third-order valence-corrected chi connectivity index (χ3v) is 3.30. The van der Waals surface area contributed by atoms with Gasteiger partial charge < -0.3 is 9.64 Å². The molecule has 3 nitrogen and oxygen atoms in total. The van der Waals surface area contributed by atoms with Crippen molar-refractivity contribution in [3.8, 4) is 0 Å². The fourth-order valence-corrected chi connectivity index (χ4v) is 2.21. The number of carbonyl (C=O) groups is 1. The van der Waals surface area contributed by atoms with Crippen molar-refractivity contribution in [3.63, 3.8) is 0 Å². The van der Waals surface area contributed by atoms with Gasteiger partial charge >= 0.3 is 0 Å². The molecule has 2 heterocycles. The summed E-state index contributed by atoms with van der Waals surface area (Å²) in [6, 6.07) is 0. The third-order valence-electron chi connectivity index (χ3n) is 3.30. The van der Waals surface area contributed by atoms with Gasteiger partial charge in [0.15, 0.2) is 0 Å². The molecule has 0 aliphatic carbocycles. The predicted octanol–water partition coefficient (Wildman–Crippen LogP) is 1.42. The van der Waals surface area contributed by atoms with Crippen molar-refractivity contribution in [1.29, 1.82) is 0 Å². The Morgan fingerprint density at radius 3 is 2.57 bits per heavy atom. The van der Waals surface area contributed by atoms with Crippen LogP contribution in [-0.4, -0.2) is 36.6 Å². The Balaban J connectivity index is 1.85. The number of likely N-dealkylation sites (tertiary alicyclic amines) is 1. The molecule has 0 radical (unpaired) electrons. The lowest BCUT2D eigenvalue weighted by atomic mass is 9.99. The van der Waals surface area contributed by atoms with E-state index in [2.05, 4.69) is 6.92 Å². The molecule has 2 fully saturated rings. The summed E-state index contributed by atoms with van der Waals surface area (Å²) in [5.74, 6) is 1.01. The van der Waals surface area contributed by atoms with Crippen molar-refractivity contribution in [2.45, 2.75) is 38.7 Å². The SMILES string of the molecule is CC1CCN(C(=O)[C@@H]2CCCO2)CC1. The van der Waals surface area contributed by atoms with E-state index in [-0.39, 0.29) is 12.0 Å². The first kappa shape index (κ1) is 9.97. The zero-order valence-electron chi connectivity index (χ0n) is 8.87. The number of hydrogen-bond acceptors (Lipinski definition) is 2. The zero-order valence-corrected chi connectivity index (χ0v) is 8.87.